The van der Waals surface area contributed by atoms with Gasteiger partial charge in [-0.15, -0.1) is 0 Å². The van der Waals surface area contributed by atoms with Crippen LogP contribution in [-0.2, 0) is 33.6 Å². The lowest BCUT2D eigenvalue weighted by atomic mass is 9.58. The third-order valence-electron chi connectivity index (χ3n) is 9.71. The van der Waals surface area contributed by atoms with Gasteiger partial charge in [0.25, 0.3) is 0 Å². The number of piperazine rings is 1. The summed E-state index contributed by atoms with van der Waals surface area (Å²) in [7, 11) is 0. The molecule has 0 aromatic heterocycles. The summed E-state index contributed by atoms with van der Waals surface area (Å²) in [4.78, 5) is 41.3. The molecule has 1 saturated carbocycles. The molecule has 1 aromatic rings. The van der Waals surface area contributed by atoms with E-state index in [-0.39, 0.29) is 42.3 Å². The van der Waals surface area contributed by atoms with Crippen LogP contribution in [-0.4, -0.2) is 66.9 Å². The molecule has 7 rings (SSSR count). The monoisotopic (exact) mass is 546 g/mol. The number of hydrogen-bond donors (Lipinski definition) is 0. The van der Waals surface area contributed by atoms with Crippen LogP contribution in [0.4, 0.5) is 10.1 Å². The van der Waals surface area contributed by atoms with Crippen LogP contribution in [0, 0.1) is 29.5 Å². The second-order valence-electron chi connectivity index (χ2n) is 12.1. The molecule has 39 heavy (non-hydrogen) atoms. The van der Waals surface area contributed by atoms with Gasteiger partial charge in [-0.25, -0.2) is 14.2 Å². The number of anilines is 1. The van der Waals surface area contributed by atoms with Crippen molar-refractivity contribution in [2.45, 2.75) is 83.3 Å². The van der Waals surface area contributed by atoms with Gasteiger partial charge < -0.3 is 24.0 Å². The highest BCUT2D eigenvalue weighted by molar-refractivity contribution is 5.81. The SMILES string of the molecule is C[C@H]1[C@H](OC(=O)CCC(=O)N2CCN(c3ccccc3F)CC2)O[C@@H]2O[C@]3(C)CC[C@@H]4[C@H](C)CC[C@@H]1[C@@]24OO3. The predicted molar refractivity (Wildman–Crippen MR) is 137 cm³/mol. The predicted octanol–water partition coefficient (Wildman–Crippen LogP) is 4.01. The summed E-state index contributed by atoms with van der Waals surface area (Å²) in [6.07, 6.45) is 2.18. The Hall–Kier alpha value is -2.27. The molecule has 8 atom stereocenters. The minimum Gasteiger partial charge on any atom is -0.435 e. The maximum absolute atomic E-state index is 14.1. The second-order valence-corrected chi connectivity index (χ2v) is 12.1. The number of hydrogen-bond acceptors (Lipinski definition) is 8. The number of carbonyl (C=O) groups excluding carboxylic acids is 2. The molecule has 6 aliphatic rings. The Morgan fingerprint density at radius 1 is 1.03 bits per heavy atom. The number of fused-ring (bicyclic) bond motifs is 2. The lowest BCUT2D eigenvalue weighted by Gasteiger charge is -2.59. The summed E-state index contributed by atoms with van der Waals surface area (Å²) in [6.45, 7) is 8.19. The number of ether oxygens (including phenoxy) is 3. The normalized spacial score (nSPS) is 39.6. The summed E-state index contributed by atoms with van der Waals surface area (Å²) in [5, 5.41) is 0. The highest BCUT2D eigenvalue weighted by Crippen LogP contribution is 2.60. The molecule has 9 nitrogen and oxygen atoms in total. The van der Waals surface area contributed by atoms with E-state index in [2.05, 4.69) is 6.92 Å². The van der Waals surface area contributed by atoms with Crippen molar-refractivity contribution in [2.24, 2.45) is 23.7 Å². The van der Waals surface area contributed by atoms with Crippen molar-refractivity contribution < 1.29 is 38.0 Å². The largest absolute Gasteiger partial charge is 0.435 e. The van der Waals surface area contributed by atoms with E-state index in [1.807, 2.05) is 18.7 Å². The standard InChI is InChI=1S/C29H39FN2O7/c1-18-8-9-21-19(2)26(36-27-29(21)20(18)12-13-28(3,37-27)38-39-29)35-25(34)11-10-24(33)32-16-14-31(15-17-32)23-7-5-4-6-22(23)30/h4-7,18-21,26-27H,8-17H2,1-3H3/t18-,19-,20-,21+,26-,27-,28+,29-/m1/s1. The molecule has 5 heterocycles. The third kappa shape index (κ3) is 4.73. The molecular weight excluding hydrogens is 507 g/mol. The quantitative estimate of drug-likeness (QED) is 0.405. The Morgan fingerprint density at radius 3 is 2.56 bits per heavy atom. The van der Waals surface area contributed by atoms with E-state index in [0.717, 1.165) is 19.3 Å². The second kappa shape index (κ2) is 10.3. The first-order valence-electron chi connectivity index (χ1n) is 14.4. The first kappa shape index (κ1) is 26.9. The van der Waals surface area contributed by atoms with E-state index in [1.54, 1.807) is 23.1 Å². The molecule has 1 amide bonds. The van der Waals surface area contributed by atoms with Gasteiger partial charge in [0.2, 0.25) is 18.0 Å². The topological polar surface area (TPSA) is 86.8 Å². The number of para-hydroxylation sites is 1. The van der Waals surface area contributed by atoms with Gasteiger partial charge in [-0.3, -0.25) is 9.59 Å². The zero-order chi connectivity index (χ0) is 27.4. The van der Waals surface area contributed by atoms with Crippen molar-refractivity contribution >= 4 is 17.6 Å². The fourth-order valence-electron chi connectivity index (χ4n) is 7.47. The van der Waals surface area contributed by atoms with Crippen molar-refractivity contribution in [1.29, 1.82) is 0 Å². The van der Waals surface area contributed by atoms with Gasteiger partial charge in [0, 0.05) is 50.9 Å². The van der Waals surface area contributed by atoms with E-state index < -0.39 is 29.9 Å². The van der Waals surface area contributed by atoms with Crippen molar-refractivity contribution in [1.82, 2.24) is 4.90 Å². The van der Waals surface area contributed by atoms with Crippen molar-refractivity contribution in [3.8, 4) is 0 Å². The summed E-state index contributed by atoms with van der Waals surface area (Å²) in [6, 6.07) is 6.66. The van der Waals surface area contributed by atoms with E-state index in [4.69, 9.17) is 24.0 Å². The Morgan fingerprint density at radius 2 is 1.79 bits per heavy atom. The highest BCUT2D eigenvalue weighted by Gasteiger charge is 2.69. The number of benzene rings is 1. The Bertz CT molecular complexity index is 1100. The summed E-state index contributed by atoms with van der Waals surface area (Å²) < 4.78 is 32.6. The molecule has 2 bridgehead atoms. The number of halogens is 1. The number of esters is 1. The van der Waals surface area contributed by atoms with Crippen molar-refractivity contribution in [2.75, 3.05) is 31.1 Å². The molecule has 10 heteroatoms. The lowest BCUT2D eigenvalue weighted by molar-refractivity contribution is -0.576. The zero-order valence-electron chi connectivity index (χ0n) is 23.0. The minimum absolute atomic E-state index is 0.0305. The van der Waals surface area contributed by atoms with Crippen LogP contribution < -0.4 is 4.90 Å². The van der Waals surface area contributed by atoms with Gasteiger partial charge >= 0.3 is 5.97 Å². The summed E-state index contributed by atoms with van der Waals surface area (Å²) >= 11 is 0. The van der Waals surface area contributed by atoms with Crippen LogP contribution in [0.5, 0.6) is 0 Å². The van der Waals surface area contributed by atoms with Crippen LogP contribution in [0.15, 0.2) is 24.3 Å². The van der Waals surface area contributed by atoms with E-state index >= 15 is 0 Å². The van der Waals surface area contributed by atoms with Gasteiger partial charge in [0.15, 0.2) is 11.9 Å². The lowest BCUT2D eigenvalue weighted by Crippen LogP contribution is -2.70. The number of rotatable bonds is 5. The van der Waals surface area contributed by atoms with Crippen molar-refractivity contribution in [3.63, 3.8) is 0 Å². The van der Waals surface area contributed by atoms with Gasteiger partial charge in [0.1, 0.15) is 5.82 Å². The van der Waals surface area contributed by atoms with Crippen LogP contribution >= 0.6 is 0 Å². The van der Waals surface area contributed by atoms with Gasteiger partial charge in [-0.05, 0) is 50.2 Å². The molecule has 0 N–H and O–H groups in total. The van der Waals surface area contributed by atoms with Crippen LogP contribution in [0.3, 0.4) is 0 Å². The van der Waals surface area contributed by atoms with Gasteiger partial charge in [-0.1, -0.05) is 26.0 Å². The maximum Gasteiger partial charge on any atom is 0.308 e. The third-order valence-corrected chi connectivity index (χ3v) is 9.71. The molecule has 5 aliphatic heterocycles. The minimum atomic E-state index is -0.893. The van der Waals surface area contributed by atoms with E-state index in [9.17, 15) is 14.0 Å². The molecule has 6 fully saturated rings. The molecule has 1 aromatic carbocycles. The fourth-order valence-corrected chi connectivity index (χ4v) is 7.47. The maximum atomic E-state index is 14.1. The molecule has 0 radical (unpaired) electrons. The molecule has 0 unspecified atom stereocenters. The van der Waals surface area contributed by atoms with E-state index in [1.165, 1.54) is 6.07 Å². The molecule has 5 saturated heterocycles. The smallest absolute Gasteiger partial charge is 0.308 e. The van der Waals surface area contributed by atoms with Crippen LogP contribution in [0.25, 0.3) is 0 Å². The summed E-state index contributed by atoms with van der Waals surface area (Å²) in [5.74, 6) is -1.10. The molecule has 1 spiro atoms. The number of nitrogens with zero attached hydrogens (tertiary/aromatic N) is 2. The van der Waals surface area contributed by atoms with E-state index in [0.29, 0.717) is 44.2 Å². The zero-order valence-corrected chi connectivity index (χ0v) is 23.0. The number of carbonyl (C=O) groups is 2. The molecule has 1 aliphatic carbocycles. The van der Waals surface area contributed by atoms with Crippen molar-refractivity contribution in [3.05, 3.63) is 30.1 Å². The average molecular weight is 547 g/mol. The first-order chi connectivity index (χ1) is 18.7. The van der Waals surface area contributed by atoms with Crippen LogP contribution in [0.2, 0.25) is 0 Å². The molecule has 214 valence electrons. The van der Waals surface area contributed by atoms with Crippen LogP contribution in [0.1, 0.15) is 59.3 Å². The Kier molecular flexibility index (Phi) is 7.10. The average Bonchev–Trinajstić information content (AvgIpc) is 3.16. The Balaban J connectivity index is 1.04. The molecular formula is C29H39FN2O7. The number of amides is 1. The fraction of sp³-hybridized carbons (Fsp3) is 0.724. The Labute approximate surface area is 228 Å². The highest BCUT2D eigenvalue weighted by atomic mass is 19.1. The summed E-state index contributed by atoms with van der Waals surface area (Å²) in [5.41, 5.74) is -0.163. The van der Waals surface area contributed by atoms with Gasteiger partial charge in [0.05, 0.1) is 12.1 Å². The van der Waals surface area contributed by atoms with Gasteiger partial charge in [-0.2, -0.15) is 0 Å². The first-order valence-corrected chi connectivity index (χ1v) is 14.4.